The zero-order valence-electron chi connectivity index (χ0n) is 13.5. The van der Waals surface area contributed by atoms with Crippen LogP contribution in [0.2, 0.25) is 0 Å². The van der Waals surface area contributed by atoms with Gasteiger partial charge in [-0.1, -0.05) is 30.3 Å². The number of nitrogens with zero attached hydrogens (tertiary/aromatic N) is 2. The third-order valence-corrected chi connectivity index (χ3v) is 3.02. The number of carbonyl (C=O) groups is 1. The third-order valence-electron chi connectivity index (χ3n) is 3.02. The normalized spacial score (nSPS) is 12.1. The first-order valence-electron chi connectivity index (χ1n) is 7.49. The van der Waals surface area contributed by atoms with E-state index in [1.807, 2.05) is 50.3 Å². The summed E-state index contributed by atoms with van der Waals surface area (Å²) in [5.41, 5.74) is 1.94. The van der Waals surface area contributed by atoms with Crippen LogP contribution in [-0.2, 0) is 9.53 Å². The fourth-order valence-electron chi connectivity index (χ4n) is 2.00. The fraction of sp³-hybridized carbons (Fsp3) is 0.278. The van der Waals surface area contributed by atoms with Crippen LogP contribution in [0.15, 0.2) is 42.7 Å². The molecule has 0 aliphatic carbocycles. The molecule has 5 heteroatoms. The number of benzene rings is 1. The van der Waals surface area contributed by atoms with Gasteiger partial charge in [-0.2, -0.15) is 0 Å². The molecule has 1 heterocycles. The van der Waals surface area contributed by atoms with Crippen LogP contribution in [0.25, 0.3) is 17.5 Å². The number of esters is 1. The van der Waals surface area contributed by atoms with Crippen molar-refractivity contribution in [3.63, 3.8) is 0 Å². The minimum absolute atomic E-state index is 0.249. The predicted octanol–water partition coefficient (Wildman–Crippen LogP) is 3.51. The van der Waals surface area contributed by atoms with Gasteiger partial charge in [0, 0.05) is 12.5 Å². The number of hydrogen-bond donors (Lipinski definition) is 0. The lowest BCUT2D eigenvalue weighted by molar-refractivity contribution is -0.143. The molecular formula is C18H20N2O3. The molecule has 1 atom stereocenters. The lowest BCUT2D eigenvalue weighted by atomic mass is 10.1. The van der Waals surface area contributed by atoms with E-state index in [1.54, 1.807) is 12.4 Å². The molecule has 0 aliphatic rings. The van der Waals surface area contributed by atoms with Gasteiger partial charge in [0.1, 0.15) is 6.10 Å². The topological polar surface area (TPSA) is 61.3 Å². The number of aromatic nitrogens is 2. The zero-order valence-corrected chi connectivity index (χ0v) is 13.5. The summed E-state index contributed by atoms with van der Waals surface area (Å²) in [7, 11) is 0. The van der Waals surface area contributed by atoms with Crippen LogP contribution in [-0.4, -0.2) is 28.6 Å². The third kappa shape index (κ3) is 5.21. The Balaban J connectivity index is 2.04. The molecule has 1 aromatic carbocycles. The summed E-state index contributed by atoms with van der Waals surface area (Å²) in [6, 6.07) is 7.83. The molecule has 120 valence electrons. The van der Waals surface area contributed by atoms with Crippen molar-refractivity contribution in [2.45, 2.75) is 26.9 Å². The second-order valence-electron chi connectivity index (χ2n) is 4.97. The van der Waals surface area contributed by atoms with Crippen molar-refractivity contribution in [1.29, 1.82) is 0 Å². The molecule has 0 saturated heterocycles. The van der Waals surface area contributed by atoms with E-state index in [-0.39, 0.29) is 12.1 Å². The summed E-state index contributed by atoms with van der Waals surface area (Å²) in [4.78, 5) is 19.4. The number of hydrogen-bond acceptors (Lipinski definition) is 5. The Kier molecular flexibility index (Phi) is 5.86. The van der Waals surface area contributed by atoms with Crippen LogP contribution in [0.3, 0.4) is 0 Å². The molecule has 0 fully saturated rings. The smallest absolute Gasteiger partial charge is 0.303 e. The highest BCUT2D eigenvalue weighted by Gasteiger charge is 2.03. The van der Waals surface area contributed by atoms with E-state index < -0.39 is 0 Å². The number of rotatable bonds is 6. The summed E-state index contributed by atoms with van der Waals surface area (Å²) < 4.78 is 10.4. The minimum atomic E-state index is -0.287. The first-order chi connectivity index (χ1) is 11.1. The zero-order chi connectivity index (χ0) is 16.7. The first kappa shape index (κ1) is 16.7. The highest BCUT2D eigenvalue weighted by Crippen LogP contribution is 2.18. The van der Waals surface area contributed by atoms with Gasteiger partial charge in [-0.3, -0.25) is 4.79 Å². The molecule has 23 heavy (non-hydrogen) atoms. The van der Waals surface area contributed by atoms with E-state index in [4.69, 9.17) is 9.47 Å². The van der Waals surface area contributed by atoms with Crippen molar-refractivity contribution in [3.05, 3.63) is 48.3 Å². The molecule has 2 rings (SSSR count). The standard InChI is InChI=1S/C18H20N2O3/c1-4-22-17-11-19-18(20-12-17)16-9-7-15(8-10-16)6-5-13(2)23-14(3)21/h5-13H,4H2,1-3H3/b6-5+. The Morgan fingerprint density at radius 1 is 1.22 bits per heavy atom. The van der Waals surface area contributed by atoms with Gasteiger partial charge in [0.25, 0.3) is 0 Å². The lowest BCUT2D eigenvalue weighted by Crippen LogP contribution is -2.08. The molecule has 0 spiro atoms. The minimum Gasteiger partial charge on any atom is -0.491 e. The Morgan fingerprint density at radius 2 is 1.87 bits per heavy atom. The van der Waals surface area contributed by atoms with Crippen LogP contribution >= 0.6 is 0 Å². The van der Waals surface area contributed by atoms with Gasteiger partial charge >= 0.3 is 5.97 Å². The van der Waals surface area contributed by atoms with Crippen molar-refractivity contribution < 1.29 is 14.3 Å². The van der Waals surface area contributed by atoms with Gasteiger partial charge in [-0.15, -0.1) is 0 Å². The van der Waals surface area contributed by atoms with Crippen LogP contribution in [0.4, 0.5) is 0 Å². The maximum absolute atomic E-state index is 10.9. The van der Waals surface area contributed by atoms with Crippen molar-refractivity contribution >= 4 is 12.0 Å². The van der Waals surface area contributed by atoms with Gasteiger partial charge in [-0.05, 0) is 25.5 Å². The highest BCUT2D eigenvalue weighted by molar-refractivity contribution is 5.66. The Hall–Kier alpha value is -2.69. The van der Waals surface area contributed by atoms with Crippen LogP contribution < -0.4 is 4.74 Å². The summed E-state index contributed by atoms with van der Waals surface area (Å²) in [5, 5.41) is 0. The predicted molar refractivity (Wildman–Crippen MR) is 88.9 cm³/mol. The molecule has 0 bridgehead atoms. The van der Waals surface area contributed by atoms with Gasteiger partial charge in [-0.25, -0.2) is 9.97 Å². The van der Waals surface area contributed by atoms with Crippen molar-refractivity contribution in [2.75, 3.05) is 6.61 Å². The van der Waals surface area contributed by atoms with Crippen molar-refractivity contribution in [2.24, 2.45) is 0 Å². The molecule has 5 nitrogen and oxygen atoms in total. The first-order valence-corrected chi connectivity index (χ1v) is 7.49. The van der Waals surface area contributed by atoms with Gasteiger partial charge in [0.15, 0.2) is 11.6 Å². The van der Waals surface area contributed by atoms with Crippen molar-refractivity contribution in [3.8, 4) is 17.1 Å². The molecule has 0 aliphatic heterocycles. The van der Waals surface area contributed by atoms with E-state index >= 15 is 0 Å². The fourth-order valence-corrected chi connectivity index (χ4v) is 2.00. The van der Waals surface area contributed by atoms with Crippen LogP contribution in [0, 0.1) is 0 Å². The molecule has 1 unspecified atom stereocenters. The SMILES string of the molecule is CCOc1cnc(-c2ccc(/C=C/C(C)OC(C)=O)cc2)nc1. The molecule has 0 radical (unpaired) electrons. The van der Waals surface area contributed by atoms with Crippen LogP contribution in [0.5, 0.6) is 5.75 Å². The maximum atomic E-state index is 10.9. The van der Waals surface area contributed by atoms with Crippen molar-refractivity contribution in [1.82, 2.24) is 9.97 Å². The number of carbonyl (C=O) groups excluding carboxylic acids is 1. The average molecular weight is 312 g/mol. The van der Waals surface area contributed by atoms with E-state index in [0.717, 1.165) is 11.1 Å². The quantitative estimate of drug-likeness (QED) is 0.764. The molecular weight excluding hydrogens is 292 g/mol. The Morgan fingerprint density at radius 3 is 2.43 bits per heavy atom. The van der Waals surface area contributed by atoms with E-state index in [9.17, 15) is 4.79 Å². The van der Waals surface area contributed by atoms with E-state index in [0.29, 0.717) is 18.2 Å². The molecule has 2 aromatic rings. The van der Waals surface area contributed by atoms with Gasteiger partial charge in [0.2, 0.25) is 0 Å². The average Bonchev–Trinajstić information content (AvgIpc) is 2.54. The van der Waals surface area contributed by atoms with Crippen LogP contribution in [0.1, 0.15) is 26.3 Å². The highest BCUT2D eigenvalue weighted by atomic mass is 16.5. The summed E-state index contributed by atoms with van der Waals surface area (Å²) >= 11 is 0. The second-order valence-corrected chi connectivity index (χ2v) is 4.97. The van der Waals surface area contributed by atoms with Gasteiger partial charge in [0.05, 0.1) is 19.0 Å². The molecule has 0 N–H and O–H groups in total. The van der Waals surface area contributed by atoms with E-state index in [1.165, 1.54) is 6.92 Å². The van der Waals surface area contributed by atoms with E-state index in [2.05, 4.69) is 9.97 Å². The second kappa shape index (κ2) is 8.08. The lowest BCUT2D eigenvalue weighted by Gasteiger charge is -2.06. The molecule has 0 saturated carbocycles. The largest absolute Gasteiger partial charge is 0.491 e. The maximum Gasteiger partial charge on any atom is 0.303 e. The number of ether oxygens (including phenoxy) is 2. The Labute approximate surface area is 136 Å². The molecule has 0 amide bonds. The summed E-state index contributed by atoms with van der Waals surface area (Å²) in [6.45, 7) is 5.73. The molecule has 1 aromatic heterocycles. The monoisotopic (exact) mass is 312 g/mol. The Bertz CT molecular complexity index is 664. The summed E-state index contributed by atoms with van der Waals surface area (Å²) in [5.74, 6) is 1.03. The van der Waals surface area contributed by atoms with Gasteiger partial charge < -0.3 is 9.47 Å². The summed E-state index contributed by atoms with van der Waals surface area (Å²) in [6.07, 6.45) is 6.84.